The van der Waals surface area contributed by atoms with Gasteiger partial charge in [0.15, 0.2) is 12.4 Å². The number of halogens is 1. The van der Waals surface area contributed by atoms with Crippen LogP contribution in [-0.4, -0.2) is 29.8 Å². The molecule has 1 amide bonds. The third-order valence-corrected chi connectivity index (χ3v) is 4.40. The van der Waals surface area contributed by atoms with Crippen LogP contribution in [0.3, 0.4) is 0 Å². The maximum absolute atomic E-state index is 12.0. The fraction of sp³-hybridized carbons (Fsp3) is 0.444. The normalized spacial score (nSPS) is 12.8. The molecule has 1 aromatic carbocycles. The number of nitrogens with zero attached hydrogens (tertiary/aromatic N) is 1. The number of ether oxygens (including phenoxy) is 1. The minimum Gasteiger partial charge on any atom is -0.456 e. The lowest BCUT2D eigenvalue weighted by Crippen LogP contribution is -2.50. The molecule has 0 aromatic heterocycles. The first-order chi connectivity index (χ1) is 11.7. The Morgan fingerprint density at radius 2 is 1.84 bits per heavy atom. The highest BCUT2D eigenvalue weighted by molar-refractivity contribution is 9.10. The average Bonchev–Trinajstić information content (AvgIpc) is 2.58. The van der Waals surface area contributed by atoms with Crippen molar-refractivity contribution in [3.05, 3.63) is 34.3 Å². The van der Waals surface area contributed by atoms with Crippen LogP contribution < -0.4 is 5.32 Å². The Morgan fingerprint density at radius 3 is 2.36 bits per heavy atom. The van der Waals surface area contributed by atoms with Gasteiger partial charge in [-0.25, -0.2) is 0 Å². The molecular weight excluding hydrogens is 388 g/mol. The van der Waals surface area contributed by atoms with Crippen molar-refractivity contribution >= 4 is 33.6 Å². The number of nitriles is 1. The molecule has 0 aliphatic carbocycles. The van der Waals surface area contributed by atoms with E-state index in [1.54, 1.807) is 31.2 Å². The summed E-state index contributed by atoms with van der Waals surface area (Å²) in [7, 11) is 0. The molecule has 1 N–H and O–H groups in total. The molecule has 6 nitrogen and oxygen atoms in total. The van der Waals surface area contributed by atoms with Crippen LogP contribution in [0.5, 0.6) is 0 Å². The van der Waals surface area contributed by atoms with Crippen LogP contribution in [0.2, 0.25) is 0 Å². The second-order valence-corrected chi connectivity index (χ2v) is 7.02. The third kappa shape index (κ3) is 6.67. The summed E-state index contributed by atoms with van der Waals surface area (Å²) in [6, 6.07) is 8.86. The SMILES string of the molecule is CC(C)[C@](C)(C#N)NC(=O)COC(=O)CCC(=O)c1ccc(Br)cc1. The highest BCUT2D eigenvalue weighted by Crippen LogP contribution is 2.15. The quantitative estimate of drug-likeness (QED) is 0.526. The van der Waals surface area contributed by atoms with Crippen LogP contribution in [0.4, 0.5) is 0 Å². The van der Waals surface area contributed by atoms with Gasteiger partial charge in [0.1, 0.15) is 5.54 Å². The average molecular weight is 409 g/mol. The smallest absolute Gasteiger partial charge is 0.306 e. The fourth-order valence-corrected chi connectivity index (χ4v) is 2.11. The van der Waals surface area contributed by atoms with E-state index in [2.05, 4.69) is 21.2 Å². The molecule has 0 saturated carbocycles. The molecule has 0 aliphatic rings. The van der Waals surface area contributed by atoms with Crippen LogP contribution in [0.1, 0.15) is 44.0 Å². The molecule has 134 valence electrons. The molecule has 0 saturated heterocycles. The van der Waals surface area contributed by atoms with E-state index in [0.29, 0.717) is 5.56 Å². The molecule has 0 spiro atoms. The molecular formula is C18H21BrN2O4. The molecule has 0 heterocycles. The zero-order chi connectivity index (χ0) is 19.0. The number of Topliss-reactive ketones (excluding diaryl/α,β-unsaturated/α-hetero) is 1. The van der Waals surface area contributed by atoms with Crippen LogP contribution in [0, 0.1) is 17.2 Å². The van der Waals surface area contributed by atoms with E-state index in [4.69, 9.17) is 10.00 Å². The van der Waals surface area contributed by atoms with Gasteiger partial charge in [0.25, 0.3) is 5.91 Å². The Bertz CT molecular complexity index is 679. The lowest BCUT2D eigenvalue weighted by Gasteiger charge is -2.27. The number of hydrogen-bond acceptors (Lipinski definition) is 5. The summed E-state index contributed by atoms with van der Waals surface area (Å²) in [5.41, 5.74) is -0.517. The van der Waals surface area contributed by atoms with Crippen LogP contribution >= 0.6 is 15.9 Å². The van der Waals surface area contributed by atoms with Crippen LogP contribution in [0.15, 0.2) is 28.7 Å². The number of hydrogen-bond donors (Lipinski definition) is 1. The first kappa shape index (κ1) is 20.8. The van der Waals surface area contributed by atoms with E-state index < -0.39 is 24.0 Å². The monoisotopic (exact) mass is 408 g/mol. The molecule has 7 heteroatoms. The summed E-state index contributed by atoms with van der Waals surface area (Å²) < 4.78 is 5.72. The Morgan fingerprint density at radius 1 is 1.24 bits per heavy atom. The molecule has 1 atom stereocenters. The number of esters is 1. The van der Waals surface area contributed by atoms with Gasteiger partial charge in [-0.2, -0.15) is 5.26 Å². The standard InChI is InChI=1S/C18H21BrN2O4/c1-12(2)18(3,11-20)21-16(23)10-25-17(24)9-8-15(22)13-4-6-14(19)7-5-13/h4-7,12H,8-10H2,1-3H3,(H,21,23)/t18-/m0/s1. The molecule has 0 radical (unpaired) electrons. The zero-order valence-corrected chi connectivity index (χ0v) is 16.1. The van der Waals surface area contributed by atoms with E-state index in [9.17, 15) is 14.4 Å². The van der Waals surface area contributed by atoms with Gasteiger partial charge in [-0.05, 0) is 25.0 Å². The molecule has 0 unspecified atom stereocenters. The van der Waals surface area contributed by atoms with E-state index in [1.807, 2.05) is 19.9 Å². The van der Waals surface area contributed by atoms with Gasteiger partial charge in [0.05, 0.1) is 12.5 Å². The summed E-state index contributed by atoms with van der Waals surface area (Å²) in [4.78, 5) is 35.4. The topological polar surface area (TPSA) is 96.3 Å². The highest BCUT2D eigenvalue weighted by atomic mass is 79.9. The third-order valence-electron chi connectivity index (χ3n) is 3.87. The number of carbonyl (C=O) groups excluding carboxylic acids is 3. The minimum absolute atomic E-state index is 0.00396. The minimum atomic E-state index is -1.03. The second-order valence-electron chi connectivity index (χ2n) is 6.11. The van der Waals surface area contributed by atoms with Gasteiger partial charge in [0, 0.05) is 16.5 Å². The molecule has 0 bridgehead atoms. The van der Waals surface area contributed by atoms with Gasteiger partial charge < -0.3 is 10.1 Å². The first-order valence-corrected chi connectivity index (χ1v) is 8.64. The summed E-state index contributed by atoms with van der Waals surface area (Å²) in [5.74, 6) is -1.46. The Hall–Kier alpha value is -2.20. The summed E-state index contributed by atoms with van der Waals surface area (Å²) in [6.07, 6.45) is -0.105. The Kier molecular flexibility index (Phi) is 7.78. The van der Waals surface area contributed by atoms with Gasteiger partial charge >= 0.3 is 5.97 Å². The Balaban J connectivity index is 2.40. The number of benzene rings is 1. The second kappa shape index (κ2) is 9.33. The van der Waals surface area contributed by atoms with Crippen molar-refractivity contribution in [3.8, 4) is 6.07 Å². The van der Waals surface area contributed by atoms with Crippen molar-refractivity contribution < 1.29 is 19.1 Å². The number of rotatable bonds is 8. The largest absolute Gasteiger partial charge is 0.456 e. The first-order valence-electron chi connectivity index (χ1n) is 7.84. The molecule has 1 aromatic rings. The maximum Gasteiger partial charge on any atom is 0.306 e. The Labute approximate surface area is 155 Å². The lowest BCUT2D eigenvalue weighted by atomic mass is 9.90. The fourth-order valence-electron chi connectivity index (χ4n) is 1.84. The number of carbonyl (C=O) groups is 3. The molecule has 0 fully saturated rings. The lowest BCUT2D eigenvalue weighted by molar-refractivity contribution is -0.148. The number of ketones is 1. The predicted octanol–water partition coefficient (Wildman–Crippen LogP) is 3.01. The van der Waals surface area contributed by atoms with Gasteiger partial charge in [-0.3, -0.25) is 14.4 Å². The van der Waals surface area contributed by atoms with Crippen molar-refractivity contribution in [2.45, 2.75) is 39.2 Å². The molecule has 25 heavy (non-hydrogen) atoms. The van der Waals surface area contributed by atoms with E-state index in [0.717, 1.165) is 4.47 Å². The zero-order valence-electron chi connectivity index (χ0n) is 14.5. The summed E-state index contributed by atoms with van der Waals surface area (Å²) in [6.45, 7) is 4.75. The van der Waals surface area contributed by atoms with Gasteiger partial charge in [-0.15, -0.1) is 0 Å². The van der Waals surface area contributed by atoms with Crippen molar-refractivity contribution in [3.63, 3.8) is 0 Å². The van der Waals surface area contributed by atoms with Crippen molar-refractivity contribution in [1.29, 1.82) is 5.26 Å². The van der Waals surface area contributed by atoms with Crippen molar-refractivity contribution in [2.75, 3.05) is 6.61 Å². The molecule has 1 rings (SSSR count). The molecule has 0 aliphatic heterocycles. The van der Waals surface area contributed by atoms with E-state index in [1.165, 1.54) is 0 Å². The summed E-state index contributed by atoms with van der Waals surface area (Å²) in [5, 5.41) is 11.7. The van der Waals surface area contributed by atoms with E-state index >= 15 is 0 Å². The predicted molar refractivity (Wildman–Crippen MR) is 95.7 cm³/mol. The highest BCUT2D eigenvalue weighted by Gasteiger charge is 2.30. The van der Waals surface area contributed by atoms with Crippen LogP contribution in [-0.2, 0) is 14.3 Å². The number of nitrogens with one attached hydrogen (secondary N) is 1. The van der Waals surface area contributed by atoms with E-state index in [-0.39, 0.29) is 24.5 Å². The van der Waals surface area contributed by atoms with Crippen molar-refractivity contribution in [1.82, 2.24) is 5.32 Å². The maximum atomic E-state index is 12.0. The van der Waals surface area contributed by atoms with Gasteiger partial charge in [0.2, 0.25) is 0 Å². The summed E-state index contributed by atoms with van der Waals surface area (Å²) >= 11 is 3.28. The van der Waals surface area contributed by atoms with Crippen molar-refractivity contribution in [2.24, 2.45) is 5.92 Å². The number of amides is 1. The van der Waals surface area contributed by atoms with Crippen LogP contribution in [0.25, 0.3) is 0 Å². The van der Waals surface area contributed by atoms with Gasteiger partial charge in [-0.1, -0.05) is 41.9 Å².